The zero-order chi connectivity index (χ0) is 14.1. The van der Waals surface area contributed by atoms with Gasteiger partial charge < -0.3 is 15.4 Å². The van der Waals surface area contributed by atoms with E-state index in [1.54, 1.807) is 7.11 Å². The zero-order valence-corrected chi connectivity index (χ0v) is 12.3. The van der Waals surface area contributed by atoms with E-state index in [9.17, 15) is 4.79 Å². The molecule has 1 atom stereocenters. The summed E-state index contributed by atoms with van der Waals surface area (Å²) in [6.45, 7) is 1.44. The molecule has 1 fully saturated rings. The van der Waals surface area contributed by atoms with Crippen LogP contribution in [0.4, 0.5) is 5.69 Å². The molecule has 0 bridgehead atoms. The van der Waals surface area contributed by atoms with Gasteiger partial charge in [-0.15, -0.1) is 11.3 Å². The average molecular weight is 290 g/mol. The van der Waals surface area contributed by atoms with Crippen LogP contribution in [0.5, 0.6) is 0 Å². The fourth-order valence-corrected chi connectivity index (χ4v) is 3.77. The Labute approximate surface area is 122 Å². The second-order valence-electron chi connectivity index (χ2n) is 5.09. The molecule has 2 aromatic rings. The molecule has 1 aromatic carbocycles. The lowest BCUT2D eigenvalue weighted by atomic mass is 10.1. The van der Waals surface area contributed by atoms with Crippen molar-refractivity contribution >= 4 is 33.0 Å². The number of likely N-dealkylation sites (tertiary alicyclic amines) is 1. The molecule has 1 aromatic heterocycles. The number of fused-ring (bicyclic) bond motifs is 1. The van der Waals surface area contributed by atoms with E-state index >= 15 is 0 Å². The van der Waals surface area contributed by atoms with Gasteiger partial charge in [0.2, 0.25) is 0 Å². The van der Waals surface area contributed by atoms with Gasteiger partial charge in [-0.05, 0) is 18.9 Å². The molecule has 3 rings (SSSR count). The molecule has 0 radical (unpaired) electrons. The smallest absolute Gasteiger partial charge is 0.266 e. The molecule has 1 aliphatic rings. The highest BCUT2D eigenvalue weighted by Crippen LogP contribution is 2.34. The highest BCUT2D eigenvalue weighted by molar-refractivity contribution is 7.21. The van der Waals surface area contributed by atoms with Crippen molar-refractivity contribution in [1.29, 1.82) is 0 Å². The van der Waals surface area contributed by atoms with Gasteiger partial charge >= 0.3 is 0 Å². The number of rotatable bonds is 2. The standard InChI is InChI=1S/C15H18N2O2S/c1-19-10-5-4-8-17(9-10)15(18)14-13(16)11-6-2-3-7-12(11)20-14/h2-3,6-7,10H,4-5,8-9,16H2,1H3. The van der Waals surface area contributed by atoms with Gasteiger partial charge in [0.15, 0.2) is 0 Å². The third-order valence-electron chi connectivity index (χ3n) is 3.83. The van der Waals surface area contributed by atoms with Crippen molar-refractivity contribution in [3.63, 3.8) is 0 Å². The first-order valence-corrected chi connectivity index (χ1v) is 7.61. The Morgan fingerprint density at radius 2 is 2.25 bits per heavy atom. The van der Waals surface area contributed by atoms with Gasteiger partial charge in [-0.25, -0.2) is 0 Å². The Hall–Kier alpha value is -1.59. The van der Waals surface area contributed by atoms with Crippen LogP contribution in [0.2, 0.25) is 0 Å². The van der Waals surface area contributed by atoms with Crippen molar-refractivity contribution in [3.05, 3.63) is 29.1 Å². The number of benzene rings is 1. The maximum absolute atomic E-state index is 12.7. The molecule has 1 unspecified atom stereocenters. The van der Waals surface area contributed by atoms with E-state index in [-0.39, 0.29) is 12.0 Å². The number of anilines is 1. The van der Waals surface area contributed by atoms with Crippen LogP contribution in [-0.2, 0) is 4.74 Å². The number of amides is 1. The van der Waals surface area contributed by atoms with Crippen LogP contribution in [0.1, 0.15) is 22.5 Å². The number of ether oxygens (including phenoxy) is 1. The van der Waals surface area contributed by atoms with Gasteiger partial charge in [-0.2, -0.15) is 0 Å². The van der Waals surface area contributed by atoms with Crippen LogP contribution < -0.4 is 5.73 Å². The summed E-state index contributed by atoms with van der Waals surface area (Å²) in [5.74, 6) is 0.0328. The van der Waals surface area contributed by atoms with Crippen molar-refractivity contribution in [1.82, 2.24) is 4.90 Å². The predicted molar refractivity (Wildman–Crippen MR) is 82.2 cm³/mol. The molecule has 0 spiro atoms. The third-order valence-corrected chi connectivity index (χ3v) is 5.00. The molecule has 1 aliphatic heterocycles. The van der Waals surface area contributed by atoms with E-state index in [4.69, 9.17) is 10.5 Å². The molecule has 20 heavy (non-hydrogen) atoms. The Balaban J connectivity index is 1.90. The van der Waals surface area contributed by atoms with Crippen LogP contribution in [-0.4, -0.2) is 37.1 Å². The number of thiophene rings is 1. The lowest BCUT2D eigenvalue weighted by molar-refractivity contribution is 0.0272. The molecule has 0 aliphatic carbocycles. The quantitative estimate of drug-likeness (QED) is 0.925. The van der Waals surface area contributed by atoms with Crippen LogP contribution in [0.25, 0.3) is 10.1 Å². The SMILES string of the molecule is COC1CCCN(C(=O)c2sc3ccccc3c2N)C1. The van der Waals surface area contributed by atoms with Crippen LogP contribution in [0, 0.1) is 0 Å². The van der Waals surface area contributed by atoms with E-state index in [0.29, 0.717) is 17.1 Å². The Kier molecular flexibility index (Phi) is 3.63. The lowest BCUT2D eigenvalue weighted by Crippen LogP contribution is -2.42. The largest absolute Gasteiger partial charge is 0.397 e. The van der Waals surface area contributed by atoms with Crippen LogP contribution >= 0.6 is 11.3 Å². The number of piperidine rings is 1. The van der Waals surface area contributed by atoms with Gasteiger partial charge in [0.05, 0.1) is 11.8 Å². The summed E-state index contributed by atoms with van der Waals surface area (Å²) in [7, 11) is 1.70. The average Bonchev–Trinajstić information content (AvgIpc) is 2.84. The number of nitrogens with two attached hydrogens (primary N) is 1. The second-order valence-corrected chi connectivity index (χ2v) is 6.14. The number of hydrogen-bond acceptors (Lipinski definition) is 4. The summed E-state index contributed by atoms with van der Waals surface area (Å²) in [6.07, 6.45) is 2.14. The summed E-state index contributed by atoms with van der Waals surface area (Å²) in [5.41, 5.74) is 6.75. The molecular formula is C15H18N2O2S. The molecule has 2 heterocycles. The second kappa shape index (κ2) is 5.42. The number of nitrogen functional groups attached to an aromatic ring is 1. The summed E-state index contributed by atoms with van der Waals surface area (Å²) in [5, 5.41) is 0.973. The third kappa shape index (κ3) is 2.27. The maximum Gasteiger partial charge on any atom is 0.266 e. The lowest BCUT2D eigenvalue weighted by Gasteiger charge is -2.31. The van der Waals surface area contributed by atoms with E-state index in [1.807, 2.05) is 29.2 Å². The molecule has 2 N–H and O–H groups in total. The predicted octanol–water partition coefficient (Wildman–Crippen LogP) is 2.73. The van der Waals surface area contributed by atoms with E-state index < -0.39 is 0 Å². The molecule has 0 saturated carbocycles. The minimum Gasteiger partial charge on any atom is -0.397 e. The van der Waals surface area contributed by atoms with Crippen molar-refractivity contribution in [2.75, 3.05) is 25.9 Å². The van der Waals surface area contributed by atoms with Gasteiger partial charge in [0.1, 0.15) is 4.88 Å². The van der Waals surface area contributed by atoms with Crippen molar-refractivity contribution in [2.24, 2.45) is 0 Å². The van der Waals surface area contributed by atoms with E-state index in [1.165, 1.54) is 11.3 Å². The molecule has 1 saturated heterocycles. The minimum atomic E-state index is 0.0328. The summed E-state index contributed by atoms with van der Waals surface area (Å²) in [6, 6.07) is 7.88. The Morgan fingerprint density at radius 1 is 1.45 bits per heavy atom. The highest BCUT2D eigenvalue weighted by Gasteiger charge is 2.27. The monoisotopic (exact) mass is 290 g/mol. The summed E-state index contributed by atoms with van der Waals surface area (Å²) >= 11 is 1.48. The Bertz CT molecular complexity index is 638. The van der Waals surface area contributed by atoms with Gasteiger partial charge in [0, 0.05) is 30.3 Å². The first kappa shape index (κ1) is 13.4. The summed E-state index contributed by atoms with van der Waals surface area (Å²) in [4.78, 5) is 15.2. The fourth-order valence-electron chi connectivity index (χ4n) is 2.68. The van der Waals surface area contributed by atoms with Gasteiger partial charge in [-0.3, -0.25) is 4.79 Å². The number of methoxy groups -OCH3 is 1. The van der Waals surface area contributed by atoms with Crippen molar-refractivity contribution < 1.29 is 9.53 Å². The summed E-state index contributed by atoms with van der Waals surface area (Å²) < 4.78 is 6.44. The number of carbonyl (C=O) groups excluding carboxylic acids is 1. The van der Waals surface area contributed by atoms with Crippen LogP contribution in [0.15, 0.2) is 24.3 Å². The number of carbonyl (C=O) groups is 1. The minimum absolute atomic E-state index is 0.0328. The topological polar surface area (TPSA) is 55.6 Å². The normalized spacial score (nSPS) is 19.4. The van der Waals surface area contributed by atoms with Crippen LogP contribution in [0.3, 0.4) is 0 Å². The molecule has 1 amide bonds. The Morgan fingerprint density at radius 3 is 3.00 bits per heavy atom. The van der Waals surface area contributed by atoms with E-state index in [2.05, 4.69) is 0 Å². The molecule has 106 valence electrons. The zero-order valence-electron chi connectivity index (χ0n) is 11.5. The number of hydrogen-bond donors (Lipinski definition) is 1. The molecule has 4 nitrogen and oxygen atoms in total. The fraction of sp³-hybridized carbons (Fsp3) is 0.400. The van der Waals surface area contributed by atoms with Crippen molar-refractivity contribution in [3.8, 4) is 0 Å². The molecule has 5 heteroatoms. The first-order valence-electron chi connectivity index (χ1n) is 6.79. The van der Waals surface area contributed by atoms with E-state index in [0.717, 1.165) is 29.5 Å². The number of nitrogens with zero attached hydrogens (tertiary/aromatic N) is 1. The highest BCUT2D eigenvalue weighted by atomic mass is 32.1. The first-order chi connectivity index (χ1) is 9.70. The maximum atomic E-state index is 12.7. The van der Waals surface area contributed by atoms with Gasteiger partial charge in [-0.1, -0.05) is 18.2 Å². The van der Waals surface area contributed by atoms with Gasteiger partial charge in [0.25, 0.3) is 5.91 Å². The van der Waals surface area contributed by atoms with Crippen molar-refractivity contribution in [2.45, 2.75) is 18.9 Å². The molecular weight excluding hydrogens is 272 g/mol.